The van der Waals surface area contributed by atoms with Gasteiger partial charge in [0.15, 0.2) is 5.69 Å². The summed E-state index contributed by atoms with van der Waals surface area (Å²) in [5, 5.41) is 0. The Morgan fingerprint density at radius 3 is 2.07 bits per heavy atom. The molecule has 1 aromatic carbocycles. The van der Waals surface area contributed by atoms with Crippen molar-refractivity contribution in [3.8, 4) is 5.69 Å². The van der Waals surface area contributed by atoms with E-state index in [1.807, 2.05) is 0 Å². The maximum Gasteiger partial charge on any atom is 0.263 e. The summed E-state index contributed by atoms with van der Waals surface area (Å²) in [6, 6.07) is 8.84. The molecule has 5 rings (SSSR count). The maximum atomic E-state index is 2.64. The van der Waals surface area contributed by atoms with Crippen molar-refractivity contribution in [3.63, 3.8) is 0 Å². The molecule has 2 aliphatic carbocycles. The molecule has 27 heavy (non-hydrogen) atoms. The summed E-state index contributed by atoms with van der Waals surface area (Å²) >= 11 is 0. The number of rotatable bonds is 3. The Morgan fingerprint density at radius 1 is 0.889 bits per heavy atom. The third kappa shape index (κ3) is 2.35. The van der Waals surface area contributed by atoms with Gasteiger partial charge in [0.1, 0.15) is 11.4 Å². The lowest BCUT2D eigenvalue weighted by Gasteiger charge is -2.38. The summed E-state index contributed by atoms with van der Waals surface area (Å²) in [6.45, 7) is 6.91. The number of benzene rings is 1. The second-order valence-corrected chi connectivity index (χ2v) is 9.18. The summed E-state index contributed by atoms with van der Waals surface area (Å²) in [6.07, 6.45) is 16.4. The van der Waals surface area contributed by atoms with Crippen molar-refractivity contribution in [1.29, 1.82) is 0 Å². The van der Waals surface area contributed by atoms with Gasteiger partial charge in [-0.25, -0.2) is 4.57 Å². The zero-order chi connectivity index (χ0) is 18.6. The topological polar surface area (TPSA) is 8.81 Å². The summed E-state index contributed by atoms with van der Waals surface area (Å²) in [5.41, 5.74) is 6.05. The number of fused-ring (bicyclic) bond motifs is 1. The van der Waals surface area contributed by atoms with E-state index < -0.39 is 0 Å². The van der Waals surface area contributed by atoms with E-state index in [-0.39, 0.29) is 5.41 Å². The first-order valence-electron chi connectivity index (χ1n) is 11.0. The summed E-state index contributed by atoms with van der Waals surface area (Å²) in [7, 11) is 0. The molecule has 2 heterocycles. The van der Waals surface area contributed by atoms with Gasteiger partial charge in [-0.1, -0.05) is 43.9 Å². The Labute approximate surface area is 163 Å². The first-order chi connectivity index (χ1) is 13.1. The number of hydrogen-bond donors (Lipinski definition) is 0. The fourth-order valence-corrected chi connectivity index (χ4v) is 6.74. The highest BCUT2D eigenvalue weighted by atomic mass is 15.2. The van der Waals surface area contributed by atoms with Gasteiger partial charge in [0, 0.05) is 13.8 Å². The smallest absolute Gasteiger partial charge is 0.203 e. The van der Waals surface area contributed by atoms with Crippen molar-refractivity contribution in [1.82, 2.24) is 4.57 Å². The highest BCUT2D eigenvalue weighted by Crippen LogP contribution is 2.54. The minimum atomic E-state index is 0.274. The maximum absolute atomic E-state index is 2.64. The van der Waals surface area contributed by atoms with Gasteiger partial charge in [-0.05, 0) is 62.1 Å². The molecule has 2 saturated carbocycles. The van der Waals surface area contributed by atoms with Crippen molar-refractivity contribution in [3.05, 3.63) is 53.1 Å². The van der Waals surface area contributed by atoms with E-state index in [1.54, 1.807) is 5.69 Å². The van der Waals surface area contributed by atoms with Gasteiger partial charge in [-0.2, -0.15) is 4.57 Å². The van der Waals surface area contributed by atoms with E-state index in [0.29, 0.717) is 0 Å². The van der Waals surface area contributed by atoms with Gasteiger partial charge >= 0.3 is 0 Å². The molecule has 2 fully saturated rings. The monoisotopic (exact) mass is 361 g/mol. The molecule has 0 amide bonds. The fraction of sp³-hybridized carbons (Fsp3) is 0.560. The fourth-order valence-electron chi connectivity index (χ4n) is 6.74. The highest BCUT2D eigenvalue weighted by Gasteiger charge is 2.55. The average Bonchev–Trinajstić information content (AvgIpc) is 3.43. The SMILES string of the molecule is Cc1ccccc1-n1c(C)c2[n+](c1C)C=CC2(C1CCCC1)C1CCCC1. The van der Waals surface area contributed by atoms with Gasteiger partial charge in [0.2, 0.25) is 0 Å². The van der Waals surface area contributed by atoms with Crippen molar-refractivity contribution in [2.75, 3.05) is 0 Å². The molecule has 0 bridgehead atoms. The van der Waals surface area contributed by atoms with Gasteiger partial charge in [-0.15, -0.1) is 0 Å². The van der Waals surface area contributed by atoms with Gasteiger partial charge in [0.25, 0.3) is 5.82 Å². The molecule has 0 atom stereocenters. The lowest BCUT2D eigenvalue weighted by atomic mass is 9.63. The van der Waals surface area contributed by atoms with E-state index in [1.165, 1.54) is 74.1 Å². The van der Waals surface area contributed by atoms with E-state index in [0.717, 1.165) is 11.8 Å². The summed E-state index contributed by atoms with van der Waals surface area (Å²) < 4.78 is 5.06. The molecule has 0 unspecified atom stereocenters. The second-order valence-electron chi connectivity index (χ2n) is 9.18. The normalized spacial score (nSPS) is 22.0. The van der Waals surface area contributed by atoms with Crippen LogP contribution in [0.5, 0.6) is 0 Å². The first kappa shape index (κ1) is 17.3. The zero-order valence-corrected chi connectivity index (χ0v) is 17.2. The molecule has 142 valence electrons. The minimum absolute atomic E-state index is 0.274. The number of allylic oxidation sites excluding steroid dienone is 1. The van der Waals surface area contributed by atoms with Gasteiger partial charge < -0.3 is 0 Å². The quantitative estimate of drug-likeness (QED) is 0.612. The Hall–Kier alpha value is -1.83. The van der Waals surface area contributed by atoms with Crippen LogP contribution < -0.4 is 4.57 Å². The molecule has 0 N–H and O–H groups in total. The number of imidazole rings is 1. The molecule has 0 spiro atoms. The van der Waals surface area contributed by atoms with Crippen molar-refractivity contribution in [2.24, 2.45) is 11.8 Å². The molecule has 0 saturated heterocycles. The summed E-state index contributed by atoms with van der Waals surface area (Å²) in [4.78, 5) is 0. The van der Waals surface area contributed by atoms with Crippen LogP contribution in [-0.4, -0.2) is 4.57 Å². The Kier molecular flexibility index (Phi) is 4.07. The minimum Gasteiger partial charge on any atom is -0.203 e. The molecule has 1 aromatic heterocycles. The standard InChI is InChI=1S/C25H33N2/c1-18-10-4-9-15-23(18)27-19(2)24-25(21-11-5-6-12-21,22-13-7-8-14-22)16-17-26(24)20(27)3/h4,9-10,15-17,21-22H,5-8,11-14H2,1-3H3/q+1. The Balaban J connectivity index is 1.73. The Bertz CT molecular complexity index is 873. The molecular weight excluding hydrogens is 328 g/mol. The number of aromatic nitrogens is 2. The third-order valence-electron chi connectivity index (χ3n) is 7.92. The van der Waals surface area contributed by atoms with Crippen LogP contribution in [0.25, 0.3) is 11.9 Å². The van der Waals surface area contributed by atoms with E-state index in [9.17, 15) is 0 Å². The molecular formula is C25H33N2+. The number of nitrogens with zero attached hydrogens (tertiary/aromatic N) is 2. The zero-order valence-electron chi connectivity index (χ0n) is 17.2. The molecule has 2 aromatic rings. The van der Waals surface area contributed by atoms with Crippen LogP contribution in [0.3, 0.4) is 0 Å². The van der Waals surface area contributed by atoms with Crippen LogP contribution in [0.2, 0.25) is 0 Å². The number of aryl methyl sites for hydroxylation is 1. The molecule has 2 heteroatoms. The number of para-hydroxylation sites is 1. The predicted molar refractivity (Wildman–Crippen MR) is 111 cm³/mol. The second kappa shape index (κ2) is 6.36. The van der Waals surface area contributed by atoms with Gasteiger partial charge in [0.05, 0.1) is 11.6 Å². The highest BCUT2D eigenvalue weighted by molar-refractivity contribution is 5.47. The molecule has 3 aliphatic rings. The average molecular weight is 362 g/mol. The van der Waals surface area contributed by atoms with Crippen molar-refractivity contribution >= 4 is 6.20 Å². The van der Waals surface area contributed by atoms with Crippen LogP contribution >= 0.6 is 0 Å². The molecule has 0 radical (unpaired) electrons. The van der Waals surface area contributed by atoms with Crippen LogP contribution in [-0.2, 0) is 5.41 Å². The predicted octanol–water partition coefficient (Wildman–Crippen LogP) is 5.79. The largest absolute Gasteiger partial charge is 0.263 e. The Morgan fingerprint density at radius 2 is 1.48 bits per heavy atom. The van der Waals surface area contributed by atoms with Crippen LogP contribution in [0.15, 0.2) is 30.3 Å². The first-order valence-corrected chi connectivity index (χ1v) is 11.0. The van der Waals surface area contributed by atoms with Crippen molar-refractivity contribution < 1.29 is 4.57 Å². The third-order valence-corrected chi connectivity index (χ3v) is 7.92. The van der Waals surface area contributed by atoms with Gasteiger partial charge in [-0.3, -0.25) is 0 Å². The lowest BCUT2D eigenvalue weighted by Crippen LogP contribution is -2.43. The summed E-state index contributed by atoms with van der Waals surface area (Å²) in [5.74, 6) is 3.01. The van der Waals surface area contributed by atoms with E-state index in [2.05, 4.69) is 66.4 Å². The lowest BCUT2D eigenvalue weighted by molar-refractivity contribution is -0.582. The van der Waals surface area contributed by atoms with Crippen LogP contribution in [0, 0.1) is 32.6 Å². The van der Waals surface area contributed by atoms with Crippen molar-refractivity contribution in [2.45, 2.75) is 77.6 Å². The van der Waals surface area contributed by atoms with E-state index in [4.69, 9.17) is 0 Å². The number of hydrogen-bond acceptors (Lipinski definition) is 0. The van der Waals surface area contributed by atoms with E-state index >= 15 is 0 Å². The van der Waals surface area contributed by atoms with Crippen LogP contribution in [0.1, 0.15) is 74.1 Å². The van der Waals surface area contributed by atoms with Crippen LogP contribution in [0.4, 0.5) is 0 Å². The molecule has 1 aliphatic heterocycles. The molecule has 2 nitrogen and oxygen atoms in total.